The molecule has 2 saturated carbocycles. The third-order valence-corrected chi connectivity index (χ3v) is 6.32. The molecule has 4 nitrogen and oxygen atoms in total. The molecular weight excluding hydrogens is 314 g/mol. The van der Waals surface area contributed by atoms with Crippen LogP contribution < -0.4 is 10.1 Å². The summed E-state index contributed by atoms with van der Waals surface area (Å²) in [7, 11) is 1.71. The predicted octanol–water partition coefficient (Wildman–Crippen LogP) is 4.13. The summed E-state index contributed by atoms with van der Waals surface area (Å²) in [5, 5.41) is 13.0. The molecule has 0 bridgehead atoms. The van der Waals surface area contributed by atoms with Gasteiger partial charge in [-0.2, -0.15) is 0 Å². The molecule has 0 aliphatic heterocycles. The molecule has 0 amide bonds. The molecule has 2 fully saturated rings. The van der Waals surface area contributed by atoms with Gasteiger partial charge in [0.05, 0.1) is 13.0 Å². The Kier molecular flexibility index (Phi) is 6.00. The van der Waals surface area contributed by atoms with Gasteiger partial charge in [-0.1, -0.05) is 31.4 Å². The van der Waals surface area contributed by atoms with E-state index in [4.69, 9.17) is 9.84 Å². The Labute approximate surface area is 151 Å². The van der Waals surface area contributed by atoms with Crippen molar-refractivity contribution in [3.8, 4) is 5.75 Å². The van der Waals surface area contributed by atoms with E-state index in [0.717, 1.165) is 38.0 Å². The van der Waals surface area contributed by atoms with Gasteiger partial charge in [0.25, 0.3) is 0 Å². The van der Waals surface area contributed by atoms with E-state index < -0.39 is 5.97 Å². The van der Waals surface area contributed by atoms with Gasteiger partial charge < -0.3 is 15.2 Å². The predicted molar refractivity (Wildman–Crippen MR) is 99.1 cm³/mol. The van der Waals surface area contributed by atoms with Crippen molar-refractivity contribution < 1.29 is 14.6 Å². The van der Waals surface area contributed by atoms with E-state index in [1.165, 1.54) is 37.7 Å². The van der Waals surface area contributed by atoms with Crippen LogP contribution in [0.5, 0.6) is 5.75 Å². The summed E-state index contributed by atoms with van der Waals surface area (Å²) in [6.45, 7) is 1.00. The number of hydrogen-bond acceptors (Lipinski definition) is 3. The molecule has 3 rings (SSSR count). The van der Waals surface area contributed by atoms with Crippen LogP contribution in [0.4, 0.5) is 0 Å². The molecule has 0 aromatic heterocycles. The van der Waals surface area contributed by atoms with Crippen molar-refractivity contribution in [2.75, 3.05) is 13.7 Å². The average Bonchev–Trinajstić information content (AvgIpc) is 2.67. The molecular formula is C21H31NO3. The fourth-order valence-electron chi connectivity index (χ4n) is 4.62. The lowest BCUT2D eigenvalue weighted by atomic mass is 9.69. The maximum Gasteiger partial charge on any atom is 0.306 e. The minimum Gasteiger partial charge on any atom is -0.497 e. The first-order chi connectivity index (χ1) is 12.1. The fraction of sp³-hybridized carbons (Fsp3) is 0.667. The highest BCUT2D eigenvalue weighted by Crippen LogP contribution is 2.40. The molecule has 0 radical (unpaired) electrons. The molecule has 4 heteroatoms. The number of nitrogens with one attached hydrogen (secondary N) is 1. The van der Waals surface area contributed by atoms with Gasteiger partial charge in [-0.05, 0) is 56.2 Å². The second-order valence-corrected chi connectivity index (χ2v) is 7.84. The lowest BCUT2D eigenvalue weighted by Gasteiger charge is -2.40. The smallest absolute Gasteiger partial charge is 0.306 e. The molecule has 0 heterocycles. The minimum atomic E-state index is -0.625. The first kappa shape index (κ1) is 18.2. The van der Waals surface area contributed by atoms with E-state index >= 15 is 0 Å². The van der Waals surface area contributed by atoms with Gasteiger partial charge in [-0.3, -0.25) is 4.79 Å². The van der Waals surface area contributed by atoms with Crippen molar-refractivity contribution in [1.29, 1.82) is 0 Å². The molecule has 1 aromatic carbocycles. The Morgan fingerprint density at radius 1 is 1.12 bits per heavy atom. The topological polar surface area (TPSA) is 58.6 Å². The van der Waals surface area contributed by atoms with Gasteiger partial charge in [-0.25, -0.2) is 0 Å². The van der Waals surface area contributed by atoms with Crippen LogP contribution in [0.3, 0.4) is 0 Å². The molecule has 0 unspecified atom stereocenters. The van der Waals surface area contributed by atoms with Crippen LogP contribution in [0, 0.1) is 5.92 Å². The third-order valence-electron chi connectivity index (χ3n) is 6.32. The van der Waals surface area contributed by atoms with Crippen LogP contribution in [0.2, 0.25) is 0 Å². The van der Waals surface area contributed by atoms with Crippen molar-refractivity contribution >= 4 is 5.97 Å². The molecule has 1 aromatic rings. The van der Waals surface area contributed by atoms with Crippen LogP contribution >= 0.6 is 0 Å². The Morgan fingerprint density at radius 2 is 1.76 bits per heavy atom. The number of carboxylic acid groups (broad SMARTS) is 1. The van der Waals surface area contributed by atoms with Crippen molar-refractivity contribution in [1.82, 2.24) is 5.32 Å². The highest BCUT2D eigenvalue weighted by Gasteiger charge is 2.35. The standard InChI is InChI=1S/C21H31NO3/c1-25-19-11-7-17(8-12-19)21(13-3-2-4-14-21)15-22-18-9-5-16(6-10-18)20(23)24/h7-8,11-12,16,18,22H,2-6,9-10,13-15H2,1H3,(H,23,24). The van der Waals surface area contributed by atoms with Crippen molar-refractivity contribution in [3.05, 3.63) is 29.8 Å². The zero-order chi connectivity index (χ0) is 17.7. The number of carbonyl (C=O) groups is 1. The second-order valence-electron chi connectivity index (χ2n) is 7.84. The summed E-state index contributed by atoms with van der Waals surface area (Å²) in [6, 6.07) is 9.07. The Morgan fingerprint density at radius 3 is 2.32 bits per heavy atom. The summed E-state index contributed by atoms with van der Waals surface area (Å²) < 4.78 is 5.31. The van der Waals surface area contributed by atoms with Gasteiger partial charge in [0, 0.05) is 18.0 Å². The molecule has 0 spiro atoms. The fourth-order valence-corrected chi connectivity index (χ4v) is 4.62. The average molecular weight is 345 g/mol. The molecule has 0 atom stereocenters. The van der Waals surface area contributed by atoms with Crippen LogP contribution in [-0.2, 0) is 10.2 Å². The number of hydrogen-bond donors (Lipinski definition) is 2. The summed E-state index contributed by atoms with van der Waals surface area (Å²) >= 11 is 0. The number of ether oxygens (including phenoxy) is 1. The lowest BCUT2D eigenvalue weighted by molar-refractivity contribution is -0.142. The number of benzene rings is 1. The molecule has 25 heavy (non-hydrogen) atoms. The van der Waals surface area contributed by atoms with Crippen LogP contribution in [0.15, 0.2) is 24.3 Å². The molecule has 2 aliphatic rings. The minimum absolute atomic E-state index is 0.136. The van der Waals surface area contributed by atoms with Gasteiger partial charge in [0.15, 0.2) is 0 Å². The zero-order valence-electron chi connectivity index (χ0n) is 15.3. The van der Waals surface area contributed by atoms with Crippen molar-refractivity contribution in [3.63, 3.8) is 0 Å². The Balaban J connectivity index is 1.64. The zero-order valence-corrected chi connectivity index (χ0v) is 15.3. The quantitative estimate of drug-likeness (QED) is 0.814. The number of carboxylic acids is 1. The van der Waals surface area contributed by atoms with Gasteiger partial charge in [0.1, 0.15) is 5.75 Å². The van der Waals surface area contributed by atoms with E-state index in [0.29, 0.717) is 6.04 Å². The number of aliphatic carboxylic acids is 1. The van der Waals surface area contributed by atoms with Gasteiger partial charge >= 0.3 is 5.97 Å². The third kappa shape index (κ3) is 4.35. The number of methoxy groups -OCH3 is 1. The SMILES string of the molecule is COc1ccc(C2(CNC3CCC(C(=O)O)CC3)CCCCC2)cc1. The first-order valence-corrected chi connectivity index (χ1v) is 9.74. The molecule has 0 saturated heterocycles. The van der Waals surface area contributed by atoms with E-state index in [2.05, 4.69) is 29.6 Å². The maximum atomic E-state index is 11.1. The molecule has 138 valence electrons. The monoisotopic (exact) mass is 345 g/mol. The molecule has 2 N–H and O–H groups in total. The Bertz CT molecular complexity index is 555. The summed E-state index contributed by atoms with van der Waals surface area (Å²) in [6.07, 6.45) is 9.96. The largest absolute Gasteiger partial charge is 0.497 e. The normalized spacial score (nSPS) is 26.1. The van der Waals surface area contributed by atoms with E-state index in [-0.39, 0.29) is 11.3 Å². The number of rotatable bonds is 6. The van der Waals surface area contributed by atoms with Crippen LogP contribution in [-0.4, -0.2) is 30.8 Å². The van der Waals surface area contributed by atoms with Gasteiger partial charge in [0.2, 0.25) is 0 Å². The summed E-state index contributed by atoms with van der Waals surface area (Å²) in [4.78, 5) is 11.1. The highest BCUT2D eigenvalue weighted by molar-refractivity contribution is 5.70. The van der Waals surface area contributed by atoms with E-state index in [1.54, 1.807) is 7.11 Å². The maximum absolute atomic E-state index is 11.1. The van der Waals surface area contributed by atoms with E-state index in [9.17, 15) is 4.79 Å². The second kappa shape index (κ2) is 8.22. The van der Waals surface area contributed by atoms with E-state index in [1.807, 2.05) is 0 Å². The summed E-state index contributed by atoms with van der Waals surface area (Å²) in [5.41, 5.74) is 1.63. The highest BCUT2D eigenvalue weighted by atomic mass is 16.5. The van der Waals surface area contributed by atoms with Crippen molar-refractivity contribution in [2.45, 2.75) is 69.2 Å². The first-order valence-electron chi connectivity index (χ1n) is 9.74. The lowest BCUT2D eigenvalue weighted by Crippen LogP contribution is -2.45. The van der Waals surface area contributed by atoms with Crippen LogP contribution in [0.25, 0.3) is 0 Å². The van der Waals surface area contributed by atoms with Gasteiger partial charge in [-0.15, -0.1) is 0 Å². The Hall–Kier alpha value is -1.55. The van der Waals surface area contributed by atoms with Crippen molar-refractivity contribution in [2.24, 2.45) is 5.92 Å². The van der Waals surface area contributed by atoms with Crippen LogP contribution in [0.1, 0.15) is 63.4 Å². The molecule has 2 aliphatic carbocycles. The summed E-state index contributed by atoms with van der Waals surface area (Å²) in [5.74, 6) is 0.151.